The predicted molar refractivity (Wildman–Crippen MR) is 238 cm³/mol. The van der Waals surface area contributed by atoms with Crippen LogP contribution in [-0.4, -0.2) is 61.8 Å². The quantitative estimate of drug-likeness (QED) is 0.152. The van der Waals surface area contributed by atoms with Crippen molar-refractivity contribution < 1.29 is 33.4 Å². The van der Waals surface area contributed by atoms with E-state index >= 15 is 4.79 Å². The molecule has 0 aromatic heterocycles. The maximum Gasteiger partial charge on any atom is 0.324 e. The fourth-order valence-corrected chi connectivity index (χ4v) is 14.6. The molecule has 0 bridgehead atoms. The molecule has 8 rings (SSSR count). The number of imide groups is 1. The van der Waals surface area contributed by atoms with Crippen LogP contribution in [0.1, 0.15) is 117 Å². The van der Waals surface area contributed by atoms with E-state index in [-0.39, 0.29) is 58.8 Å². The van der Waals surface area contributed by atoms with Gasteiger partial charge in [-0.1, -0.05) is 114 Å². The molecule has 328 valence electrons. The van der Waals surface area contributed by atoms with Crippen LogP contribution in [0.5, 0.6) is 0 Å². The first-order valence-corrected chi connectivity index (χ1v) is 26.7. The van der Waals surface area contributed by atoms with E-state index < -0.39 is 47.9 Å². The van der Waals surface area contributed by atoms with Gasteiger partial charge in [0.05, 0.1) is 30.0 Å². The van der Waals surface area contributed by atoms with Crippen LogP contribution in [0.3, 0.4) is 0 Å². The number of urea groups is 1. The summed E-state index contributed by atoms with van der Waals surface area (Å²) in [4.78, 5) is 72.6. The average molecular weight is 849 g/mol. The fraction of sp³-hybridized carbons (Fsp3) is 0.627. The van der Waals surface area contributed by atoms with Crippen molar-refractivity contribution in [2.75, 3.05) is 13.2 Å². The Balaban J connectivity index is 1.13. The first kappa shape index (κ1) is 43.6. The minimum Gasteiger partial charge on any atom is -0.466 e. The number of nitrogens with zero attached hydrogens (tertiary/aromatic N) is 1. The smallest absolute Gasteiger partial charge is 0.324 e. The molecule has 61 heavy (non-hydrogen) atoms. The minimum absolute atomic E-state index is 0.0266. The van der Waals surface area contributed by atoms with Crippen molar-refractivity contribution in [3.05, 3.63) is 83.4 Å². The summed E-state index contributed by atoms with van der Waals surface area (Å²) in [6.45, 7) is 20.2. The lowest BCUT2D eigenvalue weighted by Crippen LogP contribution is -2.70. The SMILES string of the molecule is C[C@]1(C(=O)OC(c2ccccc2)c2ccccc2)CC[C@]2(C)CC[C@]3(C)C(=CC(=O)[C@@H]4[C@@]5(C)CC[C@H](N6C(=O)CNC6=O)[C@@](C)(C(=O)OCC[Si](C)(C)C)[C@@H]5CC[C@]43C)[C@@H]2C1. The highest BCUT2D eigenvalue weighted by atomic mass is 28.3. The van der Waals surface area contributed by atoms with Crippen molar-refractivity contribution in [2.24, 2.45) is 50.2 Å². The van der Waals surface area contributed by atoms with Gasteiger partial charge in [-0.3, -0.25) is 24.1 Å². The third-order valence-corrected chi connectivity index (χ3v) is 19.6. The van der Waals surface area contributed by atoms with Gasteiger partial charge in [-0.2, -0.15) is 0 Å². The molecule has 1 saturated heterocycles. The number of rotatable bonds is 9. The van der Waals surface area contributed by atoms with Crippen molar-refractivity contribution in [3.63, 3.8) is 0 Å². The Morgan fingerprint density at radius 2 is 1.43 bits per heavy atom. The standard InChI is InChI=1S/C51H68N2O7Si/c1-46-24-25-47(2,43(56)60-41(33-16-12-10-13-17-33)34-18-14-11-15-19-34)31-36(46)35-30-37(54)42-48(3)22-21-39(53-40(55)32-52-45(53)58)51(6,44(57)59-28-29-61(7,8)9)38(48)20-23-50(42,5)49(35,4)27-26-46/h10-19,30,36,38-39,41-42H,20-29,31-32H2,1-9H3,(H,52,58)/t36-,38+,39-,42+,46+,47-,48-,49+,50+,51-/m0/s1. The van der Waals surface area contributed by atoms with Gasteiger partial charge >= 0.3 is 18.0 Å². The third-order valence-electron chi connectivity index (χ3n) is 17.9. The second kappa shape index (κ2) is 15.0. The summed E-state index contributed by atoms with van der Waals surface area (Å²) in [6.07, 6.45) is 8.03. The zero-order chi connectivity index (χ0) is 44.0. The molecule has 6 aliphatic rings. The first-order valence-electron chi connectivity index (χ1n) is 23.0. The molecule has 4 saturated carbocycles. The normalized spacial score (nSPS) is 38.4. The maximum absolute atomic E-state index is 15.3. The van der Waals surface area contributed by atoms with Gasteiger partial charge in [0.25, 0.3) is 0 Å². The Bertz CT molecular complexity index is 2080. The maximum atomic E-state index is 15.3. The first-order chi connectivity index (χ1) is 28.6. The van der Waals surface area contributed by atoms with Crippen molar-refractivity contribution >= 4 is 37.7 Å². The number of fused-ring (bicyclic) bond motifs is 7. The Kier molecular flexibility index (Phi) is 10.8. The second-order valence-corrected chi connectivity index (χ2v) is 28.2. The summed E-state index contributed by atoms with van der Waals surface area (Å²) < 4.78 is 12.7. The Labute approximate surface area is 364 Å². The molecule has 0 radical (unpaired) electrons. The Hall–Kier alpha value is -4.05. The molecule has 10 atom stereocenters. The number of ketones is 1. The van der Waals surface area contributed by atoms with Gasteiger partial charge in [0.15, 0.2) is 11.9 Å². The molecular formula is C51H68N2O7Si. The Morgan fingerprint density at radius 1 is 0.803 bits per heavy atom. The van der Waals surface area contributed by atoms with Crippen LogP contribution in [-0.2, 0) is 28.7 Å². The molecule has 1 heterocycles. The van der Waals surface area contributed by atoms with E-state index in [9.17, 15) is 19.2 Å². The lowest BCUT2D eigenvalue weighted by molar-refractivity contribution is -0.209. The summed E-state index contributed by atoms with van der Waals surface area (Å²) in [5, 5.41) is 2.69. The van der Waals surface area contributed by atoms with Gasteiger partial charge in [0, 0.05) is 14.0 Å². The van der Waals surface area contributed by atoms with Crippen LogP contribution < -0.4 is 5.32 Å². The molecule has 3 amide bonds. The van der Waals surface area contributed by atoms with E-state index in [1.54, 1.807) is 0 Å². The minimum atomic E-state index is -1.53. The molecule has 2 aromatic carbocycles. The van der Waals surface area contributed by atoms with Gasteiger partial charge in [-0.25, -0.2) is 4.79 Å². The van der Waals surface area contributed by atoms with E-state index in [1.807, 2.05) is 73.7 Å². The molecule has 0 unspecified atom stereocenters. The largest absolute Gasteiger partial charge is 0.466 e. The number of esters is 2. The lowest BCUT2D eigenvalue weighted by atomic mass is 9.33. The second-order valence-electron chi connectivity index (χ2n) is 22.6. The number of carbonyl (C=O) groups is 5. The number of benzene rings is 2. The van der Waals surface area contributed by atoms with Gasteiger partial charge in [-0.05, 0) is 128 Å². The zero-order valence-electron chi connectivity index (χ0n) is 38.0. The Morgan fingerprint density at radius 3 is 2.02 bits per heavy atom. The van der Waals surface area contributed by atoms with Gasteiger partial charge in [0.2, 0.25) is 5.91 Å². The van der Waals surface area contributed by atoms with Crippen molar-refractivity contribution in [1.29, 1.82) is 0 Å². The summed E-state index contributed by atoms with van der Waals surface area (Å²) in [6, 6.07) is 19.6. The monoisotopic (exact) mass is 848 g/mol. The number of allylic oxidation sites excluding steroid dienone is 2. The van der Waals surface area contributed by atoms with Crippen LogP contribution in [0.25, 0.3) is 0 Å². The zero-order valence-corrected chi connectivity index (χ0v) is 39.0. The predicted octanol–water partition coefficient (Wildman–Crippen LogP) is 10.1. The van der Waals surface area contributed by atoms with Crippen LogP contribution in [0.4, 0.5) is 4.79 Å². The molecular weight excluding hydrogens is 781 g/mol. The molecule has 0 spiro atoms. The third kappa shape index (κ3) is 6.87. The highest BCUT2D eigenvalue weighted by Crippen LogP contribution is 2.75. The summed E-state index contributed by atoms with van der Waals surface area (Å²) in [5.74, 6) is -1.40. The van der Waals surface area contributed by atoms with Crippen molar-refractivity contribution in [1.82, 2.24) is 10.2 Å². The summed E-state index contributed by atoms with van der Waals surface area (Å²) in [5.41, 5.74) is -0.277. The number of nitrogens with one attached hydrogen (secondary N) is 1. The average Bonchev–Trinajstić information content (AvgIpc) is 3.54. The van der Waals surface area contributed by atoms with Gasteiger partial charge in [0.1, 0.15) is 0 Å². The number of hydrogen-bond donors (Lipinski definition) is 1. The number of carbonyl (C=O) groups excluding carboxylic acids is 5. The highest BCUT2D eigenvalue weighted by Gasteiger charge is 2.73. The van der Waals surface area contributed by atoms with E-state index in [2.05, 4.69) is 59.6 Å². The molecule has 9 nitrogen and oxygen atoms in total. The van der Waals surface area contributed by atoms with Crippen LogP contribution in [0, 0.1) is 50.2 Å². The molecule has 1 aliphatic heterocycles. The number of amides is 3. The number of ether oxygens (including phenoxy) is 2. The molecule has 5 aliphatic carbocycles. The number of hydrogen-bond acceptors (Lipinski definition) is 7. The van der Waals surface area contributed by atoms with Crippen LogP contribution >= 0.6 is 0 Å². The van der Waals surface area contributed by atoms with Crippen LogP contribution in [0.15, 0.2) is 72.3 Å². The van der Waals surface area contributed by atoms with E-state index in [0.717, 1.165) is 49.3 Å². The fourth-order valence-electron chi connectivity index (χ4n) is 13.9. The molecule has 2 aromatic rings. The van der Waals surface area contributed by atoms with Gasteiger partial charge in [-0.15, -0.1) is 0 Å². The topological polar surface area (TPSA) is 119 Å². The molecule has 1 N–H and O–H groups in total. The molecule has 10 heteroatoms. The van der Waals surface area contributed by atoms with Crippen LogP contribution in [0.2, 0.25) is 25.7 Å². The highest BCUT2D eigenvalue weighted by molar-refractivity contribution is 6.76. The van der Waals surface area contributed by atoms with E-state index in [0.29, 0.717) is 32.3 Å². The molecule has 5 fully saturated rings. The van der Waals surface area contributed by atoms with Crippen molar-refractivity contribution in [2.45, 2.75) is 137 Å². The summed E-state index contributed by atoms with van der Waals surface area (Å²) >= 11 is 0. The lowest BCUT2D eigenvalue weighted by Gasteiger charge is -2.70. The van der Waals surface area contributed by atoms with Crippen molar-refractivity contribution in [3.8, 4) is 0 Å². The van der Waals surface area contributed by atoms with Gasteiger partial charge < -0.3 is 14.8 Å². The summed E-state index contributed by atoms with van der Waals surface area (Å²) in [7, 11) is -1.53. The van der Waals surface area contributed by atoms with E-state index in [4.69, 9.17) is 9.47 Å². The van der Waals surface area contributed by atoms with E-state index in [1.165, 1.54) is 10.5 Å².